The standard InChI is InChI=1S/C18H22N4O3/c1-25-18(24)16-7-8-17(21-20-16)19-10-14-9-15(23)12-22(14)11-13-5-3-2-4-6-13/h2-8,14-15,23H,9-12H2,1H3,(H,19,21)/t14-,15+/m0/s1. The van der Waals surface area contributed by atoms with Crippen LogP contribution in [0, 0.1) is 0 Å². The summed E-state index contributed by atoms with van der Waals surface area (Å²) >= 11 is 0. The van der Waals surface area contributed by atoms with Crippen molar-refractivity contribution in [3.63, 3.8) is 0 Å². The lowest BCUT2D eigenvalue weighted by Gasteiger charge is -2.24. The molecule has 0 spiro atoms. The van der Waals surface area contributed by atoms with Gasteiger partial charge in [-0.2, -0.15) is 0 Å². The van der Waals surface area contributed by atoms with Crippen molar-refractivity contribution in [2.45, 2.75) is 25.1 Å². The lowest BCUT2D eigenvalue weighted by atomic mass is 10.1. The van der Waals surface area contributed by atoms with E-state index in [0.717, 1.165) is 6.54 Å². The van der Waals surface area contributed by atoms with Crippen LogP contribution in [0.4, 0.5) is 5.82 Å². The average molecular weight is 342 g/mol. The Labute approximate surface area is 146 Å². The molecule has 1 fully saturated rings. The number of ether oxygens (including phenoxy) is 1. The summed E-state index contributed by atoms with van der Waals surface area (Å²) in [5.41, 5.74) is 1.40. The number of β-amino-alcohol motifs (C(OH)–C–C–N with tert-alkyl or cyclic N) is 1. The molecule has 1 aromatic heterocycles. The van der Waals surface area contributed by atoms with E-state index < -0.39 is 5.97 Å². The van der Waals surface area contributed by atoms with E-state index >= 15 is 0 Å². The fourth-order valence-corrected chi connectivity index (χ4v) is 3.04. The molecule has 25 heavy (non-hydrogen) atoms. The maximum Gasteiger partial charge on any atom is 0.358 e. The van der Waals surface area contributed by atoms with Gasteiger partial charge in [0.2, 0.25) is 0 Å². The number of carbonyl (C=O) groups is 1. The largest absolute Gasteiger partial charge is 0.464 e. The van der Waals surface area contributed by atoms with Crippen LogP contribution >= 0.6 is 0 Å². The van der Waals surface area contributed by atoms with Gasteiger partial charge < -0.3 is 15.2 Å². The van der Waals surface area contributed by atoms with E-state index in [9.17, 15) is 9.90 Å². The van der Waals surface area contributed by atoms with Gasteiger partial charge in [0, 0.05) is 25.7 Å². The number of hydrogen-bond donors (Lipinski definition) is 2. The number of nitrogens with zero attached hydrogens (tertiary/aromatic N) is 3. The molecule has 0 bridgehead atoms. The third-order valence-corrected chi connectivity index (χ3v) is 4.31. The molecule has 2 heterocycles. The quantitative estimate of drug-likeness (QED) is 0.765. The van der Waals surface area contributed by atoms with Gasteiger partial charge in [-0.25, -0.2) is 4.79 Å². The molecule has 1 aliphatic rings. The molecule has 0 radical (unpaired) electrons. The lowest BCUT2D eigenvalue weighted by Crippen LogP contribution is -2.34. The molecule has 0 saturated carbocycles. The molecule has 7 heteroatoms. The van der Waals surface area contributed by atoms with Crippen LogP contribution in [-0.2, 0) is 11.3 Å². The number of aromatic nitrogens is 2. The second-order valence-corrected chi connectivity index (χ2v) is 6.13. The van der Waals surface area contributed by atoms with E-state index in [0.29, 0.717) is 25.3 Å². The van der Waals surface area contributed by atoms with Crippen LogP contribution in [-0.4, -0.2) is 58.5 Å². The van der Waals surface area contributed by atoms with Gasteiger partial charge >= 0.3 is 5.97 Å². The van der Waals surface area contributed by atoms with E-state index in [1.54, 1.807) is 12.1 Å². The van der Waals surface area contributed by atoms with Gasteiger partial charge in [0.1, 0.15) is 5.82 Å². The molecule has 0 unspecified atom stereocenters. The molecule has 2 N–H and O–H groups in total. The van der Waals surface area contributed by atoms with Gasteiger partial charge in [-0.05, 0) is 24.1 Å². The number of benzene rings is 1. The lowest BCUT2D eigenvalue weighted by molar-refractivity contribution is 0.0592. The molecule has 1 aliphatic heterocycles. The van der Waals surface area contributed by atoms with Crippen molar-refractivity contribution >= 4 is 11.8 Å². The Balaban J connectivity index is 1.58. The highest BCUT2D eigenvalue weighted by molar-refractivity contribution is 5.86. The van der Waals surface area contributed by atoms with Crippen LogP contribution in [0.25, 0.3) is 0 Å². The molecule has 2 atom stereocenters. The summed E-state index contributed by atoms with van der Waals surface area (Å²) in [6.07, 6.45) is 0.399. The van der Waals surface area contributed by atoms with Crippen molar-refractivity contribution < 1.29 is 14.6 Å². The molecule has 7 nitrogen and oxygen atoms in total. The molecule has 0 aliphatic carbocycles. The summed E-state index contributed by atoms with van der Waals surface area (Å²) in [5, 5.41) is 21.1. The van der Waals surface area contributed by atoms with Crippen LogP contribution < -0.4 is 5.32 Å². The van der Waals surface area contributed by atoms with Gasteiger partial charge in [0.25, 0.3) is 0 Å². The van der Waals surface area contributed by atoms with Gasteiger partial charge in [-0.1, -0.05) is 30.3 Å². The summed E-state index contributed by atoms with van der Waals surface area (Å²) in [6.45, 7) is 2.11. The van der Waals surface area contributed by atoms with E-state index in [1.807, 2.05) is 18.2 Å². The van der Waals surface area contributed by atoms with E-state index in [-0.39, 0.29) is 17.8 Å². The number of esters is 1. The van der Waals surface area contributed by atoms with Crippen LogP contribution in [0.1, 0.15) is 22.5 Å². The number of methoxy groups -OCH3 is 1. The van der Waals surface area contributed by atoms with Crippen molar-refractivity contribution in [3.05, 3.63) is 53.7 Å². The summed E-state index contributed by atoms with van der Waals surface area (Å²) < 4.78 is 4.60. The van der Waals surface area contributed by atoms with E-state index in [2.05, 4.69) is 37.3 Å². The minimum atomic E-state index is -0.507. The number of aliphatic hydroxyl groups excluding tert-OH is 1. The Morgan fingerprint density at radius 3 is 2.76 bits per heavy atom. The van der Waals surface area contributed by atoms with Gasteiger partial charge in [-0.3, -0.25) is 4.90 Å². The first kappa shape index (κ1) is 17.3. The molecular weight excluding hydrogens is 320 g/mol. The normalized spacial score (nSPS) is 20.4. The summed E-state index contributed by atoms with van der Waals surface area (Å²) in [6, 6.07) is 13.7. The molecule has 2 aromatic rings. The van der Waals surface area contributed by atoms with Crippen molar-refractivity contribution in [2.24, 2.45) is 0 Å². The molecule has 3 rings (SSSR count). The third kappa shape index (κ3) is 4.52. The second kappa shape index (κ2) is 8.04. The van der Waals surface area contributed by atoms with Crippen molar-refractivity contribution in [3.8, 4) is 0 Å². The Morgan fingerprint density at radius 2 is 2.08 bits per heavy atom. The SMILES string of the molecule is COC(=O)c1ccc(NC[C@@H]2C[C@@H](O)CN2Cc2ccccc2)nn1. The summed E-state index contributed by atoms with van der Waals surface area (Å²) in [4.78, 5) is 13.6. The Kier molecular flexibility index (Phi) is 5.57. The zero-order valence-electron chi connectivity index (χ0n) is 14.1. The van der Waals surface area contributed by atoms with Crippen LogP contribution in [0.3, 0.4) is 0 Å². The predicted molar refractivity (Wildman–Crippen MR) is 93.1 cm³/mol. The molecule has 132 valence electrons. The number of rotatable bonds is 6. The Hall–Kier alpha value is -2.51. The van der Waals surface area contributed by atoms with Crippen molar-refractivity contribution in [1.82, 2.24) is 15.1 Å². The second-order valence-electron chi connectivity index (χ2n) is 6.13. The highest BCUT2D eigenvalue weighted by Crippen LogP contribution is 2.21. The Bertz CT molecular complexity index is 693. The van der Waals surface area contributed by atoms with Gasteiger partial charge in [-0.15, -0.1) is 10.2 Å². The number of aliphatic hydroxyl groups is 1. The van der Waals surface area contributed by atoms with Crippen LogP contribution in [0.15, 0.2) is 42.5 Å². The fraction of sp³-hybridized carbons (Fsp3) is 0.389. The zero-order chi connectivity index (χ0) is 17.6. The highest BCUT2D eigenvalue weighted by atomic mass is 16.5. The van der Waals surface area contributed by atoms with Gasteiger partial charge in [0.05, 0.1) is 13.2 Å². The van der Waals surface area contributed by atoms with Gasteiger partial charge in [0.15, 0.2) is 5.69 Å². The monoisotopic (exact) mass is 342 g/mol. The van der Waals surface area contributed by atoms with E-state index in [4.69, 9.17) is 0 Å². The highest BCUT2D eigenvalue weighted by Gasteiger charge is 2.30. The van der Waals surface area contributed by atoms with Crippen LogP contribution in [0.5, 0.6) is 0 Å². The maximum absolute atomic E-state index is 11.4. The smallest absolute Gasteiger partial charge is 0.358 e. The molecule has 1 aromatic carbocycles. The van der Waals surface area contributed by atoms with Crippen molar-refractivity contribution in [2.75, 3.05) is 25.5 Å². The summed E-state index contributed by atoms with van der Waals surface area (Å²) in [7, 11) is 1.31. The third-order valence-electron chi connectivity index (χ3n) is 4.31. The number of anilines is 1. The number of likely N-dealkylation sites (tertiary alicyclic amines) is 1. The molecule has 1 saturated heterocycles. The first-order valence-electron chi connectivity index (χ1n) is 8.27. The first-order valence-corrected chi connectivity index (χ1v) is 8.27. The van der Waals surface area contributed by atoms with Crippen LogP contribution in [0.2, 0.25) is 0 Å². The predicted octanol–water partition coefficient (Wildman–Crippen LogP) is 1.31. The maximum atomic E-state index is 11.4. The first-order chi connectivity index (χ1) is 12.2. The Morgan fingerprint density at radius 1 is 1.28 bits per heavy atom. The molecule has 0 amide bonds. The van der Waals surface area contributed by atoms with E-state index in [1.165, 1.54) is 12.7 Å². The minimum absolute atomic E-state index is 0.176. The molecular formula is C18H22N4O3. The zero-order valence-corrected chi connectivity index (χ0v) is 14.1. The van der Waals surface area contributed by atoms with Crippen molar-refractivity contribution in [1.29, 1.82) is 0 Å². The summed E-state index contributed by atoms with van der Waals surface area (Å²) in [5.74, 6) is 0.0840. The minimum Gasteiger partial charge on any atom is -0.464 e. The fourth-order valence-electron chi connectivity index (χ4n) is 3.04. The topological polar surface area (TPSA) is 87.6 Å². The number of nitrogens with one attached hydrogen (secondary N) is 1. The average Bonchev–Trinajstić information content (AvgIpc) is 3.00. The number of carbonyl (C=O) groups excluding carboxylic acids is 1. The number of hydrogen-bond acceptors (Lipinski definition) is 7.